The van der Waals surface area contributed by atoms with Gasteiger partial charge in [-0.05, 0) is 52.0 Å². The highest BCUT2D eigenvalue weighted by molar-refractivity contribution is 8.17. The van der Waals surface area contributed by atoms with Crippen molar-refractivity contribution in [2.45, 2.75) is 58.9 Å². The molecular formula is C19H28F3N3O2S. The smallest absolute Gasteiger partial charge is 0.416 e. The summed E-state index contributed by atoms with van der Waals surface area (Å²) in [5.74, 6) is 0. The van der Waals surface area contributed by atoms with E-state index in [9.17, 15) is 18.0 Å². The van der Waals surface area contributed by atoms with Crippen LogP contribution in [0, 0.1) is 0 Å². The number of halogens is 3. The first-order chi connectivity index (χ1) is 12.9. The maximum absolute atomic E-state index is 13.1. The molecular weight excluding hydrogens is 391 g/mol. The summed E-state index contributed by atoms with van der Waals surface area (Å²) in [5.41, 5.74) is -1.18. The lowest BCUT2D eigenvalue weighted by Gasteiger charge is -2.41. The van der Waals surface area contributed by atoms with E-state index in [0.717, 1.165) is 0 Å². The topological polar surface area (TPSA) is 45.1 Å². The van der Waals surface area contributed by atoms with Gasteiger partial charge in [0.15, 0.2) is 5.17 Å². The van der Waals surface area contributed by atoms with E-state index in [1.807, 2.05) is 27.7 Å². The van der Waals surface area contributed by atoms with Crippen molar-refractivity contribution in [3.8, 4) is 0 Å². The van der Waals surface area contributed by atoms with E-state index < -0.39 is 17.4 Å². The van der Waals surface area contributed by atoms with Crippen LogP contribution in [-0.4, -0.2) is 65.1 Å². The number of nitrogens with zero attached hydrogens (tertiary/aromatic N) is 3. The Bertz CT molecular complexity index is 681. The average Bonchev–Trinajstić information content (AvgIpc) is 2.63. The Labute approximate surface area is 168 Å². The fourth-order valence-corrected chi connectivity index (χ4v) is 3.96. The summed E-state index contributed by atoms with van der Waals surface area (Å²) in [7, 11) is 0. The third kappa shape index (κ3) is 6.46. The molecule has 2 rings (SSSR count). The maximum atomic E-state index is 13.1. The number of allylic oxidation sites excluding steroid dienone is 3. The fraction of sp³-hybridized carbons (Fsp3) is 0.684. The third-order valence-electron chi connectivity index (χ3n) is 4.20. The van der Waals surface area contributed by atoms with Gasteiger partial charge >= 0.3 is 12.3 Å². The fourth-order valence-electron chi connectivity index (χ4n) is 2.95. The molecule has 0 bridgehead atoms. The number of piperazine rings is 1. The van der Waals surface area contributed by atoms with Gasteiger partial charge in [0.1, 0.15) is 5.60 Å². The second-order valence-electron chi connectivity index (χ2n) is 7.94. The van der Waals surface area contributed by atoms with E-state index in [1.165, 1.54) is 23.9 Å². The number of carbonyl (C=O) groups excluding carboxylic acids is 1. The van der Waals surface area contributed by atoms with Gasteiger partial charge in [0.25, 0.3) is 0 Å². The molecule has 158 valence electrons. The summed E-state index contributed by atoms with van der Waals surface area (Å²) in [6, 6.07) is -0.0175. The Morgan fingerprint density at radius 1 is 1.29 bits per heavy atom. The Balaban J connectivity index is 2.07. The zero-order valence-electron chi connectivity index (χ0n) is 17.0. The molecule has 2 aliphatic rings. The summed E-state index contributed by atoms with van der Waals surface area (Å²) >= 11 is 1.25. The zero-order valence-corrected chi connectivity index (χ0v) is 17.8. The number of hydrogen-bond acceptors (Lipinski definition) is 5. The first kappa shape index (κ1) is 22.6. The standard InChI is InChI=1S/C19H28F3N3O2S/c1-13-12-24(17(26)27-18(3,4)5)9-10-25(13)16-23-8-6-7-15(19(20,21)22)11-14(2)28-16/h7,11,13H,6,8-10,12H2,1-5H3/b14-11+,15-7+,23-16-/t13-/m1/s1. The SMILES string of the molecule is C/C1=C\C(C(F)(F)F)=C/CC/N=C(/N2CCN(C(=O)OC(C)(C)C)C[C@H]2C)S1. The first-order valence-electron chi connectivity index (χ1n) is 9.29. The number of ether oxygens (including phenoxy) is 1. The van der Waals surface area contributed by atoms with Crippen LogP contribution in [0.5, 0.6) is 0 Å². The van der Waals surface area contributed by atoms with Crippen molar-refractivity contribution in [3.05, 3.63) is 22.6 Å². The largest absolute Gasteiger partial charge is 0.444 e. The second-order valence-corrected chi connectivity index (χ2v) is 9.15. The van der Waals surface area contributed by atoms with Crippen LogP contribution in [0.2, 0.25) is 0 Å². The predicted molar refractivity (Wildman–Crippen MR) is 106 cm³/mol. The third-order valence-corrected chi connectivity index (χ3v) is 5.19. The number of rotatable bonds is 0. The molecule has 2 aliphatic heterocycles. The first-order valence-corrected chi connectivity index (χ1v) is 10.1. The van der Waals surface area contributed by atoms with Crippen LogP contribution in [0.1, 0.15) is 41.0 Å². The molecule has 28 heavy (non-hydrogen) atoms. The van der Waals surface area contributed by atoms with Crippen molar-refractivity contribution in [1.82, 2.24) is 9.80 Å². The molecule has 1 amide bonds. The molecule has 0 spiro atoms. The lowest BCUT2D eigenvalue weighted by Crippen LogP contribution is -2.55. The number of hydrogen-bond donors (Lipinski definition) is 0. The molecule has 0 aromatic rings. The van der Waals surface area contributed by atoms with Crippen LogP contribution in [-0.2, 0) is 4.74 Å². The highest BCUT2D eigenvalue weighted by Crippen LogP contribution is 2.32. The molecule has 0 N–H and O–H groups in total. The Morgan fingerprint density at radius 3 is 2.54 bits per heavy atom. The number of amidine groups is 1. The van der Waals surface area contributed by atoms with Gasteiger partial charge in [0.05, 0.1) is 5.57 Å². The zero-order chi connectivity index (χ0) is 21.1. The lowest BCUT2D eigenvalue weighted by atomic mass is 10.2. The molecule has 2 heterocycles. The van der Waals surface area contributed by atoms with Crippen molar-refractivity contribution >= 4 is 23.0 Å². The van der Waals surface area contributed by atoms with Gasteiger partial charge in [0.2, 0.25) is 0 Å². The van der Waals surface area contributed by atoms with Crippen LogP contribution in [0.15, 0.2) is 27.6 Å². The normalized spacial score (nSPS) is 28.0. The minimum absolute atomic E-state index is 0.0175. The van der Waals surface area contributed by atoms with Crippen molar-refractivity contribution in [2.75, 3.05) is 26.2 Å². The maximum Gasteiger partial charge on any atom is 0.416 e. The van der Waals surface area contributed by atoms with Gasteiger partial charge in [-0.15, -0.1) is 0 Å². The summed E-state index contributed by atoms with van der Waals surface area (Å²) in [6.07, 6.45) is -2.11. The van der Waals surface area contributed by atoms with E-state index in [2.05, 4.69) is 9.89 Å². The van der Waals surface area contributed by atoms with Gasteiger partial charge in [-0.25, -0.2) is 4.79 Å². The van der Waals surface area contributed by atoms with Crippen molar-refractivity contribution in [1.29, 1.82) is 0 Å². The highest BCUT2D eigenvalue weighted by Gasteiger charge is 2.34. The van der Waals surface area contributed by atoms with Gasteiger partial charge in [-0.1, -0.05) is 17.8 Å². The van der Waals surface area contributed by atoms with E-state index in [4.69, 9.17) is 4.74 Å². The monoisotopic (exact) mass is 419 g/mol. The van der Waals surface area contributed by atoms with Crippen LogP contribution >= 0.6 is 11.8 Å². The number of amides is 1. The van der Waals surface area contributed by atoms with Gasteiger partial charge in [-0.3, -0.25) is 4.99 Å². The van der Waals surface area contributed by atoms with Crippen molar-refractivity contribution in [3.63, 3.8) is 0 Å². The van der Waals surface area contributed by atoms with E-state index >= 15 is 0 Å². The van der Waals surface area contributed by atoms with Crippen LogP contribution in [0.3, 0.4) is 0 Å². The van der Waals surface area contributed by atoms with E-state index in [0.29, 0.717) is 36.3 Å². The molecule has 0 saturated carbocycles. The summed E-state index contributed by atoms with van der Waals surface area (Å²) in [6.45, 7) is 10.9. The molecule has 9 heteroatoms. The van der Waals surface area contributed by atoms with E-state index in [-0.39, 0.29) is 18.6 Å². The minimum Gasteiger partial charge on any atom is -0.444 e. The number of carbonyl (C=O) groups is 1. The lowest BCUT2D eigenvalue weighted by molar-refractivity contribution is -0.0884. The molecule has 1 atom stereocenters. The minimum atomic E-state index is -4.36. The summed E-state index contributed by atoms with van der Waals surface area (Å²) in [5, 5.41) is 0.696. The molecule has 0 aromatic heterocycles. The van der Waals surface area contributed by atoms with Gasteiger partial charge in [0, 0.05) is 32.2 Å². The Kier molecular flexibility index (Phi) is 7.12. The summed E-state index contributed by atoms with van der Waals surface area (Å²) in [4.78, 5) is 21.1. The van der Waals surface area contributed by atoms with Gasteiger partial charge in [-0.2, -0.15) is 13.2 Å². The Morgan fingerprint density at radius 2 is 1.96 bits per heavy atom. The predicted octanol–water partition coefficient (Wildman–Crippen LogP) is 4.81. The second kappa shape index (κ2) is 8.80. The summed E-state index contributed by atoms with van der Waals surface area (Å²) < 4.78 is 44.7. The molecule has 1 saturated heterocycles. The number of aliphatic imine (C=N–C) groups is 1. The highest BCUT2D eigenvalue weighted by atomic mass is 32.2. The van der Waals surface area contributed by atoms with Crippen molar-refractivity contribution < 1.29 is 22.7 Å². The molecule has 0 unspecified atom stereocenters. The van der Waals surface area contributed by atoms with Crippen LogP contribution in [0.4, 0.5) is 18.0 Å². The molecule has 0 aromatic carbocycles. The molecule has 0 radical (unpaired) electrons. The number of thioether (sulfide) groups is 1. The Hall–Kier alpha value is -1.64. The molecule has 0 aliphatic carbocycles. The average molecular weight is 420 g/mol. The quantitative estimate of drug-likeness (QED) is 0.565. The number of alkyl halides is 3. The molecule has 5 nitrogen and oxygen atoms in total. The van der Waals surface area contributed by atoms with Crippen LogP contribution < -0.4 is 0 Å². The molecule has 1 fully saturated rings. The van der Waals surface area contributed by atoms with Gasteiger partial charge < -0.3 is 14.5 Å². The van der Waals surface area contributed by atoms with Crippen molar-refractivity contribution in [2.24, 2.45) is 4.99 Å². The van der Waals surface area contributed by atoms with Crippen LogP contribution in [0.25, 0.3) is 0 Å². The van der Waals surface area contributed by atoms with E-state index in [1.54, 1.807) is 11.8 Å².